The molecule has 21 heavy (non-hydrogen) atoms. The maximum Gasteiger partial charge on any atom is 0.253 e. The van der Waals surface area contributed by atoms with Gasteiger partial charge in [-0.2, -0.15) is 0 Å². The van der Waals surface area contributed by atoms with Crippen LogP contribution in [0.25, 0.3) is 0 Å². The summed E-state index contributed by atoms with van der Waals surface area (Å²) in [4.78, 5) is 14.1. The molecule has 0 atom stereocenters. The molecule has 2 heterocycles. The first-order chi connectivity index (χ1) is 9.79. The van der Waals surface area contributed by atoms with Gasteiger partial charge < -0.3 is 4.90 Å². The number of halogens is 1. The van der Waals surface area contributed by atoms with Crippen LogP contribution in [0, 0.1) is 5.41 Å². The van der Waals surface area contributed by atoms with Crippen molar-refractivity contribution in [1.29, 1.82) is 0 Å². The summed E-state index contributed by atoms with van der Waals surface area (Å²) in [5, 5.41) is 0.542. The fourth-order valence-electron chi connectivity index (χ4n) is 3.15. The van der Waals surface area contributed by atoms with E-state index < -0.39 is 10.0 Å². The minimum atomic E-state index is -3.13. The standard InChI is InChI=1S/C14H17ClN2O3S/c1-21(19,20)17-6-5-14(10-17)8-16(9-14)13(18)11-3-2-4-12(15)7-11/h2-4,7H,5-6,8-10H2,1H3. The summed E-state index contributed by atoms with van der Waals surface area (Å²) in [6.45, 7) is 2.30. The first-order valence-corrected chi connectivity index (χ1v) is 9.02. The Morgan fingerprint density at radius 3 is 2.57 bits per heavy atom. The van der Waals surface area contributed by atoms with Gasteiger partial charge in [0.2, 0.25) is 10.0 Å². The zero-order chi connectivity index (χ0) is 15.3. The highest BCUT2D eigenvalue weighted by atomic mass is 35.5. The molecule has 2 aliphatic rings. The van der Waals surface area contributed by atoms with Gasteiger partial charge >= 0.3 is 0 Å². The minimum Gasteiger partial charge on any atom is -0.337 e. The van der Waals surface area contributed by atoms with Crippen LogP contribution in [0.5, 0.6) is 0 Å². The molecule has 1 aromatic rings. The van der Waals surface area contributed by atoms with Gasteiger partial charge in [0.1, 0.15) is 0 Å². The molecular formula is C14H17ClN2O3S. The first kappa shape index (κ1) is 14.8. The number of likely N-dealkylation sites (tertiary alicyclic amines) is 1. The number of hydrogen-bond donors (Lipinski definition) is 0. The van der Waals surface area contributed by atoms with Gasteiger partial charge in [-0.15, -0.1) is 0 Å². The lowest BCUT2D eigenvalue weighted by molar-refractivity contribution is 0.0136. The Labute approximate surface area is 129 Å². The van der Waals surface area contributed by atoms with E-state index in [1.165, 1.54) is 10.6 Å². The lowest BCUT2D eigenvalue weighted by Gasteiger charge is -2.48. The van der Waals surface area contributed by atoms with Gasteiger partial charge in [-0.1, -0.05) is 17.7 Å². The molecule has 0 saturated carbocycles. The van der Waals surface area contributed by atoms with Crippen molar-refractivity contribution in [2.24, 2.45) is 5.41 Å². The summed E-state index contributed by atoms with van der Waals surface area (Å²) in [5.41, 5.74) is 0.521. The smallest absolute Gasteiger partial charge is 0.253 e. The van der Waals surface area contributed by atoms with E-state index in [1.807, 2.05) is 0 Å². The monoisotopic (exact) mass is 328 g/mol. The molecule has 2 aliphatic heterocycles. The van der Waals surface area contributed by atoms with Crippen molar-refractivity contribution in [1.82, 2.24) is 9.21 Å². The molecule has 0 unspecified atom stereocenters. The van der Waals surface area contributed by atoms with Gasteiger partial charge in [0, 0.05) is 42.2 Å². The van der Waals surface area contributed by atoms with E-state index in [9.17, 15) is 13.2 Å². The van der Waals surface area contributed by atoms with E-state index in [1.54, 1.807) is 29.2 Å². The highest BCUT2D eigenvalue weighted by Gasteiger charge is 2.50. The molecule has 5 nitrogen and oxygen atoms in total. The normalized spacial score (nSPS) is 21.5. The summed E-state index contributed by atoms with van der Waals surface area (Å²) < 4.78 is 24.6. The summed E-state index contributed by atoms with van der Waals surface area (Å²) >= 11 is 5.90. The molecule has 0 aliphatic carbocycles. The van der Waals surface area contributed by atoms with Gasteiger partial charge in [0.25, 0.3) is 5.91 Å². The number of hydrogen-bond acceptors (Lipinski definition) is 3. The first-order valence-electron chi connectivity index (χ1n) is 6.79. The van der Waals surface area contributed by atoms with Gasteiger partial charge in [0.15, 0.2) is 0 Å². The Hall–Kier alpha value is -1.11. The molecule has 3 rings (SSSR count). The van der Waals surface area contributed by atoms with Crippen LogP contribution >= 0.6 is 11.6 Å². The molecule has 1 amide bonds. The van der Waals surface area contributed by atoms with Crippen molar-refractivity contribution < 1.29 is 13.2 Å². The number of carbonyl (C=O) groups is 1. The van der Waals surface area contributed by atoms with E-state index in [4.69, 9.17) is 11.6 Å². The summed E-state index contributed by atoms with van der Waals surface area (Å²) in [6.07, 6.45) is 2.05. The number of sulfonamides is 1. The highest BCUT2D eigenvalue weighted by Crippen LogP contribution is 2.40. The molecule has 2 saturated heterocycles. The number of benzene rings is 1. The van der Waals surface area contributed by atoms with Crippen LogP contribution in [-0.4, -0.2) is 56.0 Å². The molecule has 0 radical (unpaired) electrons. The Bertz CT molecular complexity index is 683. The average Bonchev–Trinajstić information content (AvgIpc) is 2.81. The second kappa shape index (κ2) is 4.97. The second-order valence-corrected chi connectivity index (χ2v) is 8.44. The number of nitrogens with zero attached hydrogens (tertiary/aromatic N) is 2. The SMILES string of the molecule is CS(=O)(=O)N1CCC2(CN(C(=O)c3cccc(Cl)c3)C2)C1. The summed E-state index contributed by atoms with van der Waals surface area (Å²) in [7, 11) is -3.13. The van der Waals surface area contributed by atoms with E-state index in [0.717, 1.165) is 6.42 Å². The Morgan fingerprint density at radius 2 is 2.00 bits per heavy atom. The van der Waals surface area contributed by atoms with E-state index in [0.29, 0.717) is 36.8 Å². The fourth-order valence-corrected chi connectivity index (χ4v) is 4.27. The van der Waals surface area contributed by atoms with Crippen molar-refractivity contribution in [2.45, 2.75) is 6.42 Å². The third-order valence-electron chi connectivity index (χ3n) is 4.28. The molecule has 0 bridgehead atoms. The van der Waals surface area contributed by atoms with Gasteiger partial charge in [-0.25, -0.2) is 12.7 Å². The van der Waals surface area contributed by atoms with Crippen LogP contribution in [0.3, 0.4) is 0 Å². The lowest BCUT2D eigenvalue weighted by atomic mass is 9.79. The quantitative estimate of drug-likeness (QED) is 0.825. The number of amides is 1. The summed E-state index contributed by atoms with van der Waals surface area (Å²) in [5.74, 6) is -0.0408. The second-order valence-electron chi connectivity index (χ2n) is 6.02. The number of carbonyl (C=O) groups excluding carboxylic acids is 1. The maximum absolute atomic E-state index is 12.3. The minimum absolute atomic E-state index is 0.0408. The van der Waals surface area contributed by atoms with Crippen molar-refractivity contribution >= 4 is 27.5 Å². The van der Waals surface area contributed by atoms with Crippen LogP contribution < -0.4 is 0 Å². The third-order valence-corrected chi connectivity index (χ3v) is 5.77. The van der Waals surface area contributed by atoms with Crippen molar-refractivity contribution in [2.75, 3.05) is 32.4 Å². The van der Waals surface area contributed by atoms with E-state index >= 15 is 0 Å². The zero-order valence-corrected chi connectivity index (χ0v) is 13.3. The molecule has 7 heteroatoms. The van der Waals surface area contributed by atoms with E-state index in [-0.39, 0.29) is 11.3 Å². The predicted molar refractivity (Wildman–Crippen MR) is 80.8 cm³/mol. The van der Waals surface area contributed by atoms with Crippen LogP contribution in [0.15, 0.2) is 24.3 Å². The lowest BCUT2D eigenvalue weighted by Crippen LogP contribution is -2.59. The van der Waals surface area contributed by atoms with Crippen LogP contribution in [0.2, 0.25) is 5.02 Å². The third kappa shape index (κ3) is 2.80. The van der Waals surface area contributed by atoms with Crippen molar-refractivity contribution in [3.63, 3.8) is 0 Å². The fraction of sp³-hybridized carbons (Fsp3) is 0.500. The van der Waals surface area contributed by atoms with Gasteiger partial charge in [-0.3, -0.25) is 4.79 Å². The number of rotatable bonds is 2. The molecule has 0 N–H and O–H groups in total. The molecule has 114 valence electrons. The topological polar surface area (TPSA) is 57.7 Å². The molecule has 1 aromatic carbocycles. The van der Waals surface area contributed by atoms with Crippen molar-refractivity contribution in [3.05, 3.63) is 34.9 Å². The zero-order valence-electron chi connectivity index (χ0n) is 11.8. The highest BCUT2D eigenvalue weighted by molar-refractivity contribution is 7.88. The van der Waals surface area contributed by atoms with Gasteiger partial charge in [-0.05, 0) is 24.6 Å². The van der Waals surface area contributed by atoms with Crippen LogP contribution in [0.1, 0.15) is 16.8 Å². The molecule has 2 fully saturated rings. The van der Waals surface area contributed by atoms with Crippen molar-refractivity contribution in [3.8, 4) is 0 Å². The Morgan fingerprint density at radius 1 is 1.29 bits per heavy atom. The largest absolute Gasteiger partial charge is 0.337 e. The molecule has 0 aromatic heterocycles. The molecular weight excluding hydrogens is 312 g/mol. The van der Waals surface area contributed by atoms with Crippen LogP contribution in [0.4, 0.5) is 0 Å². The Kier molecular flexibility index (Phi) is 3.50. The van der Waals surface area contributed by atoms with E-state index in [2.05, 4.69) is 0 Å². The van der Waals surface area contributed by atoms with Crippen LogP contribution in [-0.2, 0) is 10.0 Å². The average molecular weight is 329 g/mol. The molecule has 1 spiro atoms. The predicted octanol–water partition coefficient (Wildman–Crippen LogP) is 1.45. The van der Waals surface area contributed by atoms with Gasteiger partial charge in [0.05, 0.1) is 6.26 Å². The summed E-state index contributed by atoms with van der Waals surface area (Å²) in [6, 6.07) is 6.89. The maximum atomic E-state index is 12.3. The Balaban J connectivity index is 1.65.